The fourth-order valence-electron chi connectivity index (χ4n) is 7.55. The van der Waals surface area contributed by atoms with Crippen LogP contribution in [0.5, 0.6) is 0 Å². The predicted molar refractivity (Wildman–Crippen MR) is 189 cm³/mol. The van der Waals surface area contributed by atoms with Crippen molar-refractivity contribution in [2.45, 2.75) is 107 Å². The summed E-state index contributed by atoms with van der Waals surface area (Å²) in [6, 6.07) is 6.90. The summed E-state index contributed by atoms with van der Waals surface area (Å²) in [5, 5.41) is 9.90. The normalized spacial score (nSPS) is 13.7. The molecule has 5 heteroatoms. The van der Waals surface area contributed by atoms with Gasteiger partial charge in [0.1, 0.15) is 0 Å². The maximum atomic E-state index is 9.90. The summed E-state index contributed by atoms with van der Waals surface area (Å²) in [5.41, 5.74) is 20.4. The van der Waals surface area contributed by atoms with E-state index < -0.39 is 0 Å². The van der Waals surface area contributed by atoms with Crippen LogP contribution in [-0.2, 0) is 25.7 Å². The van der Waals surface area contributed by atoms with Gasteiger partial charge < -0.3 is 15.1 Å². The van der Waals surface area contributed by atoms with Crippen molar-refractivity contribution in [2.24, 2.45) is 0 Å². The number of nitrogens with one attached hydrogen (secondary N) is 2. The lowest BCUT2D eigenvalue weighted by atomic mass is 9.93. The molecule has 0 radical (unpaired) electrons. The van der Waals surface area contributed by atoms with Gasteiger partial charge in [-0.2, -0.15) is 0 Å². The van der Waals surface area contributed by atoms with Gasteiger partial charge in [-0.1, -0.05) is 67.5 Å². The zero-order chi connectivity index (χ0) is 31.5. The predicted octanol–water partition coefficient (Wildman–Crippen LogP) is 10.0. The van der Waals surface area contributed by atoms with E-state index in [1.807, 2.05) is 12.2 Å². The van der Waals surface area contributed by atoms with Gasteiger partial charge >= 0.3 is 0 Å². The molecule has 44 heavy (non-hydrogen) atoms. The van der Waals surface area contributed by atoms with Crippen molar-refractivity contribution in [1.29, 1.82) is 0 Å². The monoisotopic (exact) mass is 590 g/mol. The van der Waals surface area contributed by atoms with Gasteiger partial charge in [-0.25, -0.2) is 9.97 Å². The first-order chi connectivity index (χ1) is 21.4. The molecule has 0 spiro atoms. The Labute approximate surface area is 263 Å². The van der Waals surface area contributed by atoms with Gasteiger partial charge in [-0.3, -0.25) is 0 Å². The quantitative estimate of drug-likeness (QED) is 0.220. The van der Waals surface area contributed by atoms with E-state index in [0.717, 1.165) is 90.7 Å². The van der Waals surface area contributed by atoms with E-state index in [4.69, 9.17) is 9.97 Å². The number of hydrogen-bond acceptors (Lipinski definition) is 3. The van der Waals surface area contributed by atoms with Crippen LogP contribution in [0.4, 0.5) is 0 Å². The van der Waals surface area contributed by atoms with Crippen molar-refractivity contribution >= 4 is 50.4 Å². The SMILES string of the molecule is CCC1=C(CC)c2nc1cc1[nH]c(cc3[nH]c(cc4nc(c2/C=C/CO)C(CC)=C4CC)c(CC)c3CC)c(CC)c1CC. The number of rotatable bonds is 10. The Kier molecular flexibility index (Phi) is 9.75. The van der Waals surface area contributed by atoms with Gasteiger partial charge in [0.25, 0.3) is 0 Å². The highest BCUT2D eigenvalue weighted by atomic mass is 16.2. The Hall–Kier alpha value is -3.70. The molecule has 2 aliphatic rings. The molecular formula is C39H50N4O. The van der Waals surface area contributed by atoms with Crippen LogP contribution >= 0.6 is 0 Å². The van der Waals surface area contributed by atoms with E-state index in [2.05, 4.69) is 83.6 Å². The Morgan fingerprint density at radius 3 is 1.20 bits per heavy atom. The van der Waals surface area contributed by atoms with Crippen LogP contribution in [0.3, 0.4) is 0 Å². The van der Waals surface area contributed by atoms with Gasteiger partial charge in [0.05, 0.1) is 29.4 Å². The number of aliphatic hydroxyl groups is 1. The van der Waals surface area contributed by atoms with Crippen molar-refractivity contribution in [1.82, 2.24) is 19.9 Å². The van der Waals surface area contributed by atoms with Gasteiger partial charge in [-0.05, 0) is 114 Å². The van der Waals surface area contributed by atoms with Crippen LogP contribution in [0, 0.1) is 0 Å². The van der Waals surface area contributed by atoms with Crippen molar-refractivity contribution in [2.75, 3.05) is 6.61 Å². The largest absolute Gasteiger partial charge is 0.392 e. The molecule has 5 heterocycles. The van der Waals surface area contributed by atoms with Crippen molar-refractivity contribution in [3.8, 4) is 0 Å². The average molecular weight is 591 g/mol. The molecule has 2 aliphatic heterocycles. The van der Waals surface area contributed by atoms with Crippen molar-refractivity contribution in [3.63, 3.8) is 0 Å². The summed E-state index contributed by atoms with van der Waals surface area (Å²) in [6.07, 6.45) is 11.3. The highest BCUT2D eigenvalue weighted by Gasteiger charge is 2.26. The second kappa shape index (κ2) is 13.5. The highest BCUT2D eigenvalue weighted by molar-refractivity contribution is 5.99. The summed E-state index contributed by atoms with van der Waals surface area (Å²) in [5.74, 6) is 0. The standard InChI is InChI=1S/C39H50N4O/c1-9-23-25(11-3)34-21-36-27(13-5)29(15-7)38(42-36)31(18-17-19-44)39-30(16-8)28(14-6)37(43-39)22-35-26(12-4)24(10-2)33(41-35)20-32(23)40-34/h17-18,20-22,40-41,44H,9-16,19H2,1-8H3/b18-17+,32-20?,33-20?,34-21?,35-22?,36-21?,37-22?,38-31?,39-31?. The summed E-state index contributed by atoms with van der Waals surface area (Å²) in [4.78, 5) is 18.5. The number of fused-ring (bicyclic) bond motifs is 8. The fraction of sp³-hybridized carbons (Fsp3) is 0.436. The van der Waals surface area contributed by atoms with Gasteiger partial charge in [-0.15, -0.1) is 0 Å². The summed E-state index contributed by atoms with van der Waals surface area (Å²) in [6.45, 7) is 17.9. The van der Waals surface area contributed by atoms with E-state index in [0.29, 0.717) is 0 Å². The lowest BCUT2D eigenvalue weighted by Gasteiger charge is -2.09. The number of aryl methyl sites for hydroxylation is 4. The first-order valence-electron chi connectivity index (χ1n) is 17.0. The van der Waals surface area contributed by atoms with E-state index in [1.54, 1.807) is 0 Å². The molecule has 3 aromatic heterocycles. The molecule has 5 nitrogen and oxygen atoms in total. The third-order valence-corrected chi connectivity index (χ3v) is 9.53. The second-order valence-corrected chi connectivity index (χ2v) is 11.7. The van der Waals surface area contributed by atoms with Crippen LogP contribution < -0.4 is 0 Å². The van der Waals surface area contributed by atoms with Crippen LogP contribution in [0.1, 0.15) is 132 Å². The number of aromatic nitrogens is 4. The highest BCUT2D eigenvalue weighted by Crippen LogP contribution is 2.42. The van der Waals surface area contributed by atoms with E-state index in [9.17, 15) is 5.11 Å². The summed E-state index contributed by atoms with van der Waals surface area (Å²) < 4.78 is 0. The van der Waals surface area contributed by atoms with E-state index >= 15 is 0 Å². The molecule has 8 bridgehead atoms. The average Bonchev–Trinajstić information content (AvgIpc) is 3.76. The Bertz CT molecular complexity index is 1700. The number of aromatic amines is 2. The number of nitrogens with zero attached hydrogens (tertiary/aromatic N) is 2. The summed E-state index contributed by atoms with van der Waals surface area (Å²) in [7, 11) is 0. The van der Waals surface area contributed by atoms with E-state index in [-0.39, 0.29) is 6.61 Å². The van der Waals surface area contributed by atoms with Crippen molar-refractivity contribution < 1.29 is 5.11 Å². The maximum Gasteiger partial charge on any atom is 0.0766 e. The number of aliphatic hydroxyl groups excluding tert-OH is 1. The number of H-pyrrole nitrogens is 2. The molecule has 232 valence electrons. The molecule has 0 atom stereocenters. The maximum absolute atomic E-state index is 9.90. The van der Waals surface area contributed by atoms with Gasteiger partial charge in [0.2, 0.25) is 0 Å². The zero-order valence-electron chi connectivity index (χ0n) is 28.1. The molecular weight excluding hydrogens is 540 g/mol. The molecule has 0 fully saturated rings. The molecule has 0 unspecified atom stereocenters. The number of hydrogen-bond donors (Lipinski definition) is 3. The van der Waals surface area contributed by atoms with Gasteiger partial charge in [0, 0.05) is 27.6 Å². The van der Waals surface area contributed by atoms with Crippen LogP contribution in [0.25, 0.3) is 50.4 Å². The Morgan fingerprint density at radius 2 is 0.886 bits per heavy atom. The zero-order valence-corrected chi connectivity index (χ0v) is 28.1. The minimum absolute atomic E-state index is 0.0284. The van der Waals surface area contributed by atoms with Crippen LogP contribution in [-0.4, -0.2) is 31.6 Å². The minimum atomic E-state index is -0.0284. The molecule has 0 saturated heterocycles. The number of allylic oxidation sites excluding steroid dienone is 4. The Balaban J connectivity index is 2.11. The lowest BCUT2D eigenvalue weighted by Crippen LogP contribution is -1.94. The molecule has 5 rings (SSSR count). The smallest absolute Gasteiger partial charge is 0.0766 e. The van der Waals surface area contributed by atoms with Crippen LogP contribution in [0.15, 0.2) is 24.3 Å². The summed E-state index contributed by atoms with van der Waals surface area (Å²) >= 11 is 0. The van der Waals surface area contributed by atoms with Crippen LogP contribution in [0.2, 0.25) is 0 Å². The second-order valence-electron chi connectivity index (χ2n) is 11.7. The van der Waals surface area contributed by atoms with Gasteiger partial charge in [0.15, 0.2) is 0 Å². The third-order valence-electron chi connectivity index (χ3n) is 9.53. The molecule has 3 N–H and O–H groups in total. The fourth-order valence-corrected chi connectivity index (χ4v) is 7.55. The first kappa shape index (κ1) is 31.7. The molecule has 0 amide bonds. The Morgan fingerprint density at radius 1 is 0.523 bits per heavy atom. The minimum Gasteiger partial charge on any atom is -0.392 e. The van der Waals surface area contributed by atoms with E-state index in [1.165, 1.54) is 55.6 Å². The molecule has 0 saturated carbocycles. The first-order valence-corrected chi connectivity index (χ1v) is 17.0. The molecule has 0 aliphatic carbocycles. The lowest BCUT2D eigenvalue weighted by molar-refractivity contribution is 0.343. The van der Waals surface area contributed by atoms with Crippen molar-refractivity contribution in [3.05, 3.63) is 74.9 Å². The molecule has 0 aromatic carbocycles. The molecule has 3 aromatic rings. The third kappa shape index (κ3) is 5.30. The topological polar surface area (TPSA) is 77.6 Å².